The average molecular weight is 265 g/mol. The first-order valence-corrected chi connectivity index (χ1v) is 6.77. The zero-order valence-electron chi connectivity index (χ0n) is 11.2. The van der Waals surface area contributed by atoms with Crippen molar-refractivity contribution in [2.24, 2.45) is 11.8 Å². The van der Waals surface area contributed by atoms with Crippen LogP contribution < -0.4 is 10.6 Å². The Labute approximate surface area is 112 Å². The zero-order chi connectivity index (χ0) is 13.7. The Kier molecular flexibility index (Phi) is 4.85. The maximum absolute atomic E-state index is 12.7. The molecule has 1 aliphatic heterocycles. The molecule has 2 rings (SSSR count). The van der Waals surface area contributed by atoms with Crippen LogP contribution in [-0.2, 0) is 4.79 Å². The molecular weight excluding hydrogens is 245 g/mol. The maximum atomic E-state index is 12.7. The summed E-state index contributed by atoms with van der Waals surface area (Å²) in [5, 5.41) is 6.03. The quantitative estimate of drug-likeness (QED) is 0.877. The molecule has 0 bridgehead atoms. The minimum Gasteiger partial charge on any atom is -0.317 e. The van der Waals surface area contributed by atoms with Crippen molar-refractivity contribution in [1.29, 1.82) is 0 Å². The third kappa shape index (κ3) is 4.28. The minimum atomic E-state index is -0.402. The third-order valence-electron chi connectivity index (χ3n) is 3.69. The fourth-order valence-electron chi connectivity index (χ4n) is 2.52. The Morgan fingerprint density at radius 2 is 2.26 bits per heavy atom. The van der Waals surface area contributed by atoms with Crippen molar-refractivity contribution in [2.45, 2.75) is 26.2 Å². The molecule has 2 heterocycles. The third-order valence-corrected chi connectivity index (χ3v) is 3.69. The van der Waals surface area contributed by atoms with Crippen LogP contribution >= 0.6 is 0 Å². The van der Waals surface area contributed by atoms with Crippen molar-refractivity contribution in [1.82, 2.24) is 10.3 Å². The monoisotopic (exact) mass is 265 g/mol. The van der Waals surface area contributed by atoms with E-state index < -0.39 is 5.82 Å². The normalized spacial score (nSPS) is 18.0. The Hall–Kier alpha value is -1.49. The largest absolute Gasteiger partial charge is 0.317 e. The molecule has 1 amide bonds. The number of hydrogen-bond donors (Lipinski definition) is 2. The fraction of sp³-hybridized carbons (Fsp3) is 0.571. The molecule has 0 saturated carbocycles. The fourth-order valence-corrected chi connectivity index (χ4v) is 2.52. The number of nitrogens with zero attached hydrogens (tertiary/aromatic N) is 1. The summed E-state index contributed by atoms with van der Waals surface area (Å²) >= 11 is 0. The van der Waals surface area contributed by atoms with Crippen molar-refractivity contribution in [3.8, 4) is 0 Å². The maximum Gasteiger partial charge on any atom is 0.225 e. The van der Waals surface area contributed by atoms with Gasteiger partial charge in [-0.3, -0.25) is 4.79 Å². The van der Waals surface area contributed by atoms with Gasteiger partial charge in [0.2, 0.25) is 5.91 Å². The number of amides is 1. The summed E-state index contributed by atoms with van der Waals surface area (Å²) in [7, 11) is 0. The van der Waals surface area contributed by atoms with Crippen molar-refractivity contribution in [3.05, 3.63) is 24.1 Å². The summed E-state index contributed by atoms with van der Waals surface area (Å²) in [5.41, 5.74) is 0. The molecule has 1 aromatic heterocycles. The second-order valence-electron chi connectivity index (χ2n) is 5.18. The Bertz CT molecular complexity index is 415. The van der Waals surface area contributed by atoms with Crippen molar-refractivity contribution in [3.63, 3.8) is 0 Å². The molecule has 1 unspecified atom stereocenters. The van der Waals surface area contributed by atoms with E-state index in [1.54, 1.807) is 0 Å². The number of carbonyl (C=O) groups excluding carboxylic acids is 1. The van der Waals surface area contributed by atoms with Gasteiger partial charge in [-0.15, -0.1) is 0 Å². The number of pyridine rings is 1. The molecule has 4 nitrogen and oxygen atoms in total. The van der Waals surface area contributed by atoms with Crippen molar-refractivity contribution in [2.75, 3.05) is 18.4 Å². The van der Waals surface area contributed by atoms with Gasteiger partial charge in [-0.1, -0.05) is 6.92 Å². The first-order valence-electron chi connectivity index (χ1n) is 6.77. The smallest absolute Gasteiger partial charge is 0.225 e. The average Bonchev–Trinajstić information content (AvgIpc) is 2.42. The lowest BCUT2D eigenvalue weighted by Gasteiger charge is -2.27. The standard InChI is InChI=1S/C14H20FN3O/c1-10(11-4-6-16-7-5-11)8-14(19)18-13-3-2-12(15)9-17-13/h2-3,9-11,16H,4-8H2,1H3,(H,17,18,19). The molecule has 1 atom stereocenters. The first-order chi connectivity index (χ1) is 9.15. The van der Waals surface area contributed by atoms with Gasteiger partial charge in [0.1, 0.15) is 11.6 Å². The molecule has 5 heteroatoms. The van der Waals surface area contributed by atoms with Crippen LogP contribution in [0, 0.1) is 17.7 Å². The van der Waals surface area contributed by atoms with Gasteiger partial charge in [-0.25, -0.2) is 9.37 Å². The Morgan fingerprint density at radius 1 is 1.53 bits per heavy atom. The van der Waals surface area contributed by atoms with Crippen LogP contribution in [0.1, 0.15) is 26.2 Å². The summed E-state index contributed by atoms with van der Waals surface area (Å²) in [6.07, 6.45) is 3.85. The number of anilines is 1. The summed E-state index contributed by atoms with van der Waals surface area (Å²) < 4.78 is 12.7. The highest BCUT2D eigenvalue weighted by Gasteiger charge is 2.22. The molecule has 0 aromatic carbocycles. The molecule has 1 aliphatic rings. The van der Waals surface area contributed by atoms with E-state index in [2.05, 4.69) is 22.5 Å². The van der Waals surface area contributed by atoms with Crippen molar-refractivity contribution >= 4 is 11.7 Å². The topological polar surface area (TPSA) is 54.0 Å². The highest BCUT2D eigenvalue weighted by molar-refractivity contribution is 5.89. The summed E-state index contributed by atoms with van der Waals surface area (Å²) in [6.45, 7) is 4.19. The number of carbonyl (C=O) groups is 1. The number of hydrogen-bond acceptors (Lipinski definition) is 3. The highest BCUT2D eigenvalue weighted by Crippen LogP contribution is 2.24. The second kappa shape index (κ2) is 6.61. The first kappa shape index (κ1) is 13.9. The van der Waals surface area contributed by atoms with E-state index in [4.69, 9.17) is 0 Å². The van der Waals surface area contributed by atoms with E-state index >= 15 is 0 Å². The molecule has 104 valence electrons. The number of halogens is 1. The lowest BCUT2D eigenvalue weighted by Crippen LogP contribution is -2.32. The van der Waals surface area contributed by atoms with Crippen LogP contribution in [0.4, 0.5) is 10.2 Å². The van der Waals surface area contributed by atoms with Gasteiger partial charge in [0, 0.05) is 6.42 Å². The number of aromatic nitrogens is 1. The molecule has 1 aromatic rings. The summed E-state index contributed by atoms with van der Waals surface area (Å²) in [5.74, 6) is 0.922. The van der Waals surface area contributed by atoms with Gasteiger partial charge >= 0.3 is 0 Å². The van der Waals surface area contributed by atoms with E-state index in [1.807, 2.05) is 0 Å². The van der Waals surface area contributed by atoms with Gasteiger partial charge in [-0.2, -0.15) is 0 Å². The molecule has 2 N–H and O–H groups in total. The van der Waals surface area contributed by atoms with E-state index in [1.165, 1.54) is 12.1 Å². The Morgan fingerprint density at radius 3 is 2.89 bits per heavy atom. The van der Waals surface area contributed by atoms with Gasteiger partial charge < -0.3 is 10.6 Å². The van der Waals surface area contributed by atoms with Crippen LogP contribution in [0.25, 0.3) is 0 Å². The van der Waals surface area contributed by atoms with Gasteiger partial charge in [0.25, 0.3) is 0 Å². The van der Waals surface area contributed by atoms with E-state index in [9.17, 15) is 9.18 Å². The van der Waals surface area contributed by atoms with Crippen LogP contribution in [-0.4, -0.2) is 24.0 Å². The molecule has 1 fully saturated rings. The summed E-state index contributed by atoms with van der Waals surface area (Å²) in [4.78, 5) is 15.7. The molecule has 19 heavy (non-hydrogen) atoms. The molecule has 0 spiro atoms. The van der Waals surface area contributed by atoms with Crippen LogP contribution in [0.15, 0.2) is 18.3 Å². The molecular formula is C14H20FN3O. The van der Waals surface area contributed by atoms with Crippen molar-refractivity contribution < 1.29 is 9.18 Å². The molecule has 0 aliphatic carbocycles. The summed E-state index contributed by atoms with van der Waals surface area (Å²) in [6, 6.07) is 2.77. The lowest BCUT2D eigenvalue weighted by molar-refractivity contribution is -0.117. The van der Waals surface area contributed by atoms with Crippen LogP contribution in [0.3, 0.4) is 0 Å². The predicted molar refractivity (Wildman–Crippen MR) is 72.2 cm³/mol. The van der Waals surface area contributed by atoms with Crippen LogP contribution in [0.2, 0.25) is 0 Å². The zero-order valence-corrected chi connectivity index (χ0v) is 11.2. The molecule has 1 saturated heterocycles. The Balaban J connectivity index is 1.81. The predicted octanol–water partition coefficient (Wildman–Crippen LogP) is 2.18. The van der Waals surface area contributed by atoms with Gasteiger partial charge in [-0.05, 0) is 49.9 Å². The molecule has 0 radical (unpaired) electrons. The van der Waals surface area contributed by atoms with E-state index in [-0.39, 0.29) is 5.91 Å². The number of nitrogens with one attached hydrogen (secondary N) is 2. The number of piperidine rings is 1. The number of rotatable bonds is 4. The van der Waals surface area contributed by atoms with Crippen LogP contribution in [0.5, 0.6) is 0 Å². The minimum absolute atomic E-state index is 0.0508. The van der Waals surface area contributed by atoms with E-state index in [0.29, 0.717) is 24.1 Å². The van der Waals surface area contributed by atoms with Gasteiger partial charge in [0.15, 0.2) is 0 Å². The SMILES string of the molecule is CC(CC(=O)Nc1ccc(F)cn1)C1CCNCC1. The lowest BCUT2D eigenvalue weighted by atomic mass is 9.84. The van der Waals surface area contributed by atoms with Gasteiger partial charge in [0.05, 0.1) is 6.20 Å². The highest BCUT2D eigenvalue weighted by atomic mass is 19.1. The van der Waals surface area contributed by atoms with E-state index in [0.717, 1.165) is 32.1 Å². The second-order valence-corrected chi connectivity index (χ2v) is 5.18.